The molecule has 1 aliphatic rings. The number of para-hydroxylation sites is 1. The van der Waals surface area contributed by atoms with E-state index in [-0.39, 0.29) is 23.9 Å². The Labute approximate surface area is 134 Å². The highest BCUT2D eigenvalue weighted by Gasteiger charge is 2.30. The molecule has 0 bridgehead atoms. The Bertz CT molecular complexity index is 468. The smallest absolute Gasteiger partial charge is 0.220 e. The number of hydrogen-bond donors (Lipinski definition) is 2. The number of carbonyl (C=O) groups is 1. The Kier molecular flexibility index (Phi) is 6.53. The maximum absolute atomic E-state index is 12.1. The third-order valence-corrected chi connectivity index (χ3v) is 4.50. The number of hydrogen-bond acceptors (Lipinski definition) is 2. The largest absolute Gasteiger partial charge is 0.399 e. The molecule has 0 unspecified atom stereocenters. The van der Waals surface area contributed by atoms with E-state index in [4.69, 9.17) is 5.73 Å². The molecule has 4 heteroatoms. The van der Waals surface area contributed by atoms with E-state index in [1.165, 1.54) is 12.8 Å². The van der Waals surface area contributed by atoms with Crippen LogP contribution >= 0.6 is 12.4 Å². The van der Waals surface area contributed by atoms with Gasteiger partial charge < -0.3 is 11.1 Å². The lowest BCUT2D eigenvalue weighted by molar-refractivity contribution is -0.123. The van der Waals surface area contributed by atoms with E-state index in [0.29, 0.717) is 12.8 Å². The molecule has 0 radical (unpaired) electrons. The number of amides is 1. The van der Waals surface area contributed by atoms with Crippen molar-refractivity contribution in [3.05, 3.63) is 29.8 Å². The van der Waals surface area contributed by atoms with Crippen molar-refractivity contribution in [2.45, 2.75) is 57.9 Å². The van der Waals surface area contributed by atoms with Gasteiger partial charge in [-0.1, -0.05) is 25.1 Å². The number of carbonyl (C=O) groups excluding carboxylic acids is 1. The second-order valence-electron chi connectivity index (χ2n) is 6.49. The summed E-state index contributed by atoms with van der Waals surface area (Å²) in [5.41, 5.74) is 7.73. The van der Waals surface area contributed by atoms with Gasteiger partial charge in [-0.15, -0.1) is 12.4 Å². The predicted molar refractivity (Wildman–Crippen MR) is 90.6 cm³/mol. The highest BCUT2D eigenvalue weighted by atomic mass is 35.5. The van der Waals surface area contributed by atoms with Crippen LogP contribution in [0, 0.1) is 5.92 Å². The van der Waals surface area contributed by atoms with Gasteiger partial charge in [0.05, 0.1) is 0 Å². The molecular weight excluding hydrogens is 284 g/mol. The monoisotopic (exact) mass is 310 g/mol. The lowest BCUT2D eigenvalue weighted by Gasteiger charge is -2.37. The summed E-state index contributed by atoms with van der Waals surface area (Å²) in [6.45, 7) is 4.47. The van der Waals surface area contributed by atoms with Crippen molar-refractivity contribution in [3.63, 3.8) is 0 Å². The van der Waals surface area contributed by atoms with Crippen molar-refractivity contribution in [3.8, 4) is 0 Å². The third kappa shape index (κ3) is 5.24. The number of anilines is 1. The first kappa shape index (κ1) is 17.8. The van der Waals surface area contributed by atoms with Crippen LogP contribution in [0.15, 0.2) is 24.3 Å². The van der Waals surface area contributed by atoms with Crippen molar-refractivity contribution in [1.29, 1.82) is 0 Å². The standard InChI is InChI=1S/C17H26N2O.ClH/c1-13-9-11-17(2,12-10-13)19-16(20)8-7-14-5-3-4-6-15(14)18;/h3-6,13H,7-12,18H2,1-2H3,(H,19,20);1H. The SMILES string of the molecule is CC1CCC(C)(NC(=O)CCc2ccccc2N)CC1.Cl. The quantitative estimate of drug-likeness (QED) is 0.833. The number of benzene rings is 1. The van der Waals surface area contributed by atoms with E-state index < -0.39 is 0 Å². The van der Waals surface area contributed by atoms with Gasteiger partial charge in [0.1, 0.15) is 0 Å². The number of halogens is 1. The van der Waals surface area contributed by atoms with Crippen LogP contribution < -0.4 is 11.1 Å². The predicted octanol–water partition coefficient (Wildman–Crippen LogP) is 3.71. The number of rotatable bonds is 4. The van der Waals surface area contributed by atoms with E-state index in [0.717, 1.165) is 30.0 Å². The van der Waals surface area contributed by atoms with Gasteiger partial charge in [-0.3, -0.25) is 4.79 Å². The molecule has 0 spiro atoms. The molecule has 2 rings (SSSR count). The lowest BCUT2D eigenvalue weighted by Crippen LogP contribution is -2.48. The van der Waals surface area contributed by atoms with Gasteiger partial charge in [0.25, 0.3) is 0 Å². The van der Waals surface area contributed by atoms with E-state index in [1.54, 1.807) is 0 Å². The first-order chi connectivity index (χ1) is 9.48. The number of aryl methyl sites for hydroxylation is 1. The lowest BCUT2D eigenvalue weighted by atomic mass is 9.78. The molecule has 21 heavy (non-hydrogen) atoms. The molecule has 118 valence electrons. The minimum atomic E-state index is -0.00811. The van der Waals surface area contributed by atoms with Crippen molar-refractivity contribution in [1.82, 2.24) is 5.32 Å². The molecule has 1 fully saturated rings. The Hall–Kier alpha value is -1.22. The molecule has 0 atom stereocenters. The van der Waals surface area contributed by atoms with Crippen molar-refractivity contribution in [2.24, 2.45) is 5.92 Å². The Morgan fingerprint density at radius 2 is 1.95 bits per heavy atom. The summed E-state index contributed by atoms with van der Waals surface area (Å²) in [5, 5.41) is 3.23. The molecule has 3 N–H and O–H groups in total. The molecule has 0 aromatic heterocycles. The highest BCUT2D eigenvalue weighted by Crippen LogP contribution is 2.31. The maximum atomic E-state index is 12.1. The molecule has 0 heterocycles. The van der Waals surface area contributed by atoms with Crippen LogP contribution in [0.25, 0.3) is 0 Å². The zero-order chi connectivity index (χ0) is 14.6. The van der Waals surface area contributed by atoms with Gasteiger partial charge in [-0.05, 0) is 56.6 Å². The molecule has 1 saturated carbocycles. The Balaban J connectivity index is 0.00000220. The summed E-state index contributed by atoms with van der Waals surface area (Å²) in [7, 11) is 0. The average molecular weight is 311 g/mol. The summed E-state index contributed by atoms with van der Waals surface area (Å²) in [5.74, 6) is 0.939. The minimum absolute atomic E-state index is 0. The molecule has 1 aromatic rings. The van der Waals surface area contributed by atoms with E-state index in [1.807, 2.05) is 24.3 Å². The van der Waals surface area contributed by atoms with Crippen molar-refractivity contribution >= 4 is 24.0 Å². The van der Waals surface area contributed by atoms with Crippen LogP contribution in [0.5, 0.6) is 0 Å². The van der Waals surface area contributed by atoms with E-state index in [2.05, 4.69) is 19.2 Å². The zero-order valence-electron chi connectivity index (χ0n) is 13.0. The van der Waals surface area contributed by atoms with Gasteiger partial charge >= 0.3 is 0 Å². The first-order valence-corrected chi connectivity index (χ1v) is 7.63. The summed E-state index contributed by atoms with van der Waals surface area (Å²) in [6.07, 6.45) is 5.83. The maximum Gasteiger partial charge on any atom is 0.220 e. The van der Waals surface area contributed by atoms with Gasteiger partial charge in [0.15, 0.2) is 0 Å². The first-order valence-electron chi connectivity index (χ1n) is 7.63. The van der Waals surface area contributed by atoms with Crippen LogP contribution in [0.1, 0.15) is 51.5 Å². The van der Waals surface area contributed by atoms with Crippen molar-refractivity contribution in [2.75, 3.05) is 5.73 Å². The van der Waals surface area contributed by atoms with Gasteiger partial charge in [-0.2, -0.15) is 0 Å². The number of nitrogens with two attached hydrogens (primary N) is 1. The fourth-order valence-corrected chi connectivity index (χ4v) is 2.93. The van der Waals surface area contributed by atoms with Crippen LogP contribution in [-0.4, -0.2) is 11.4 Å². The topological polar surface area (TPSA) is 55.1 Å². The van der Waals surface area contributed by atoms with Crippen LogP contribution in [0.3, 0.4) is 0 Å². The van der Waals surface area contributed by atoms with Gasteiger partial charge in [0, 0.05) is 17.6 Å². The summed E-state index contributed by atoms with van der Waals surface area (Å²) < 4.78 is 0. The molecule has 0 aliphatic heterocycles. The number of nitrogen functional groups attached to an aromatic ring is 1. The van der Waals surface area contributed by atoms with Crippen molar-refractivity contribution < 1.29 is 4.79 Å². The fourth-order valence-electron chi connectivity index (χ4n) is 2.93. The van der Waals surface area contributed by atoms with Crippen LogP contribution in [0.4, 0.5) is 5.69 Å². The Morgan fingerprint density at radius 3 is 2.57 bits per heavy atom. The summed E-state index contributed by atoms with van der Waals surface area (Å²) in [6, 6.07) is 7.76. The van der Waals surface area contributed by atoms with E-state index >= 15 is 0 Å². The van der Waals surface area contributed by atoms with Crippen LogP contribution in [0.2, 0.25) is 0 Å². The molecule has 1 aliphatic carbocycles. The van der Waals surface area contributed by atoms with E-state index in [9.17, 15) is 4.79 Å². The van der Waals surface area contributed by atoms with Crippen LogP contribution in [-0.2, 0) is 11.2 Å². The normalized spacial score (nSPS) is 25.0. The third-order valence-electron chi connectivity index (χ3n) is 4.50. The summed E-state index contributed by atoms with van der Waals surface area (Å²) in [4.78, 5) is 12.1. The Morgan fingerprint density at radius 1 is 1.33 bits per heavy atom. The van der Waals surface area contributed by atoms with Gasteiger partial charge in [-0.25, -0.2) is 0 Å². The summed E-state index contributed by atoms with van der Waals surface area (Å²) >= 11 is 0. The molecule has 0 saturated heterocycles. The molecule has 1 amide bonds. The molecular formula is C17H27ClN2O. The zero-order valence-corrected chi connectivity index (χ0v) is 13.8. The second-order valence-corrected chi connectivity index (χ2v) is 6.49. The second kappa shape index (κ2) is 7.69. The minimum Gasteiger partial charge on any atom is -0.399 e. The average Bonchev–Trinajstić information content (AvgIpc) is 2.41. The molecule has 1 aromatic carbocycles. The highest BCUT2D eigenvalue weighted by molar-refractivity contribution is 5.85. The fraction of sp³-hybridized carbons (Fsp3) is 0.588. The van der Waals surface area contributed by atoms with Gasteiger partial charge in [0.2, 0.25) is 5.91 Å². The number of nitrogens with one attached hydrogen (secondary N) is 1. The molecule has 3 nitrogen and oxygen atoms in total.